The lowest BCUT2D eigenvalue weighted by Gasteiger charge is -2.16. The molecule has 0 aliphatic rings. The van der Waals surface area contributed by atoms with E-state index in [9.17, 15) is 5.11 Å². The minimum atomic E-state index is -0.831. The molecule has 0 fully saturated rings. The van der Waals surface area contributed by atoms with Gasteiger partial charge in [-0.2, -0.15) is 5.26 Å². The maximum Gasteiger partial charge on any atom is 0.124 e. The van der Waals surface area contributed by atoms with Gasteiger partial charge in [0.05, 0.1) is 25.2 Å². The van der Waals surface area contributed by atoms with Crippen molar-refractivity contribution in [2.24, 2.45) is 5.92 Å². The molecule has 15 heavy (non-hydrogen) atoms. The van der Waals surface area contributed by atoms with Crippen LogP contribution >= 0.6 is 15.9 Å². The Morgan fingerprint density at radius 3 is 2.73 bits per heavy atom. The number of aliphatic hydroxyl groups is 1. The molecule has 0 aromatic heterocycles. The molecule has 2 unspecified atom stereocenters. The molecule has 1 aromatic rings. The van der Waals surface area contributed by atoms with Crippen LogP contribution in [0.5, 0.6) is 5.75 Å². The van der Waals surface area contributed by atoms with Crippen LogP contribution in [0.25, 0.3) is 0 Å². The van der Waals surface area contributed by atoms with Crippen LogP contribution in [0.2, 0.25) is 0 Å². The number of hydrogen-bond acceptors (Lipinski definition) is 3. The van der Waals surface area contributed by atoms with Crippen LogP contribution in [0.15, 0.2) is 22.7 Å². The summed E-state index contributed by atoms with van der Waals surface area (Å²) in [5.41, 5.74) is 0.626. The molecule has 0 aliphatic heterocycles. The molecule has 3 nitrogen and oxygen atoms in total. The highest BCUT2D eigenvalue weighted by molar-refractivity contribution is 9.10. The maximum absolute atomic E-state index is 9.90. The fourth-order valence-corrected chi connectivity index (χ4v) is 1.66. The number of methoxy groups -OCH3 is 1. The highest BCUT2D eigenvalue weighted by Crippen LogP contribution is 2.32. The summed E-state index contributed by atoms with van der Waals surface area (Å²) in [7, 11) is 1.54. The molecule has 80 valence electrons. The predicted octanol–water partition coefficient (Wildman–Crippen LogP) is 2.65. The fraction of sp³-hybridized carbons (Fsp3) is 0.364. The standard InChI is InChI=1S/C11H12BrNO2/c1-7(6-13)11(14)9-5-8(12)3-4-10(9)15-2/h3-5,7,11,14H,1-2H3. The van der Waals surface area contributed by atoms with Crippen molar-refractivity contribution in [2.45, 2.75) is 13.0 Å². The van der Waals surface area contributed by atoms with Crippen LogP contribution < -0.4 is 4.74 Å². The normalized spacial score (nSPS) is 14.1. The first-order valence-electron chi connectivity index (χ1n) is 4.51. The van der Waals surface area contributed by atoms with Gasteiger partial charge < -0.3 is 9.84 Å². The first-order chi connectivity index (χ1) is 7.10. The fourth-order valence-electron chi connectivity index (χ4n) is 1.28. The van der Waals surface area contributed by atoms with Crippen LogP contribution in [0.1, 0.15) is 18.6 Å². The molecule has 1 rings (SSSR count). The number of halogens is 1. The number of aliphatic hydroxyl groups excluding tert-OH is 1. The Bertz CT molecular complexity index is 387. The Labute approximate surface area is 97.4 Å². The van der Waals surface area contributed by atoms with Crippen molar-refractivity contribution in [1.82, 2.24) is 0 Å². The molecule has 0 aliphatic carbocycles. The molecule has 2 atom stereocenters. The van der Waals surface area contributed by atoms with Crippen molar-refractivity contribution >= 4 is 15.9 Å². The molecular weight excluding hydrogens is 258 g/mol. The number of ether oxygens (including phenoxy) is 1. The molecule has 0 heterocycles. The van der Waals surface area contributed by atoms with E-state index < -0.39 is 12.0 Å². The maximum atomic E-state index is 9.90. The number of benzene rings is 1. The van der Waals surface area contributed by atoms with Crippen LogP contribution in [-0.2, 0) is 0 Å². The minimum absolute atomic E-state index is 0.465. The molecule has 0 saturated heterocycles. The van der Waals surface area contributed by atoms with E-state index in [1.54, 1.807) is 19.1 Å². The Balaban J connectivity index is 3.12. The van der Waals surface area contributed by atoms with Crippen LogP contribution in [0, 0.1) is 17.2 Å². The van der Waals surface area contributed by atoms with Gasteiger partial charge in [-0.3, -0.25) is 0 Å². The van der Waals surface area contributed by atoms with Gasteiger partial charge in [-0.05, 0) is 25.1 Å². The van der Waals surface area contributed by atoms with E-state index in [1.807, 2.05) is 12.1 Å². The third-order valence-corrected chi connectivity index (χ3v) is 2.68. The summed E-state index contributed by atoms with van der Waals surface area (Å²) in [5, 5.41) is 18.6. The molecule has 0 saturated carbocycles. The molecule has 0 amide bonds. The summed E-state index contributed by atoms with van der Waals surface area (Å²) in [6.45, 7) is 1.67. The van der Waals surface area contributed by atoms with Crippen molar-refractivity contribution in [1.29, 1.82) is 5.26 Å². The van der Waals surface area contributed by atoms with E-state index in [2.05, 4.69) is 15.9 Å². The highest BCUT2D eigenvalue weighted by Gasteiger charge is 2.19. The topological polar surface area (TPSA) is 53.2 Å². The number of nitrogens with zero attached hydrogens (tertiary/aromatic N) is 1. The Kier molecular flexibility index (Phi) is 4.13. The van der Waals surface area contributed by atoms with Crippen LogP contribution in [0.4, 0.5) is 0 Å². The van der Waals surface area contributed by atoms with Crippen molar-refractivity contribution in [3.05, 3.63) is 28.2 Å². The molecule has 1 N–H and O–H groups in total. The first-order valence-corrected chi connectivity index (χ1v) is 5.30. The lowest BCUT2D eigenvalue weighted by Crippen LogP contribution is -2.08. The Morgan fingerprint density at radius 2 is 2.20 bits per heavy atom. The second-order valence-electron chi connectivity index (χ2n) is 3.25. The summed E-state index contributed by atoms with van der Waals surface area (Å²) < 4.78 is 5.98. The van der Waals surface area contributed by atoms with E-state index in [4.69, 9.17) is 10.00 Å². The van der Waals surface area contributed by atoms with Gasteiger partial charge in [0.2, 0.25) is 0 Å². The van der Waals surface area contributed by atoms with Crippen LogP contribution in [0.3, 0.4) is 0 Å². The SMILES string of the molecule is COc1ccc(Br)cc1C(O)C(C)C#N. The lowest BCUT2D eigenvalue weighted by molar-refractivity contribution is 0.139. The molecule has 0 bridgehead atoms. The monoisotopic (exact) mass is 269 g/mol. The molecule has 0 spiro atoms. The molecule has 0 radical (unpaired) electrons. The smallest absolute Gasteiger partial charge is 0.124 e. The first kappa shape index (κ1) is 12.0. The van der Waals surface area contributed by atoms with Crippen LogP contribution in [-0.4, -0.2) is 12.2 Å². The van der Waals surface area contributed by atoms with Gasteiger partial charge in [-0.25, -0.2) is 0 Å². The van der Waals surface area contributed by atoms with Gasteiger partial charge in [0.1, 0.15) is 5.75 Å². The van der Waals surface area contributed by atoms with Crippen molar-refractivity contribution in [3.63, 3.8) is 0 Å². The third kappa shape index (κ3) is 2.71. The summed E-state index contributed by atoms with van der Waals surface area (Å²) in [5.74, 6) is 0.126. The van der Waals surface area contributed by atoms with Crippen molar-refractivity contribution in [3.8, 4) is 11.8 Å². The van der Waals surface area contributed by atoms with Gasteiger partial charge in [0.15, 0.2) is 0 Å². The quantitative estimate of drug-likeness (QED) is 0.918. The molecule has 1 aromatic carbocycles. The average Bonchev–Trinajstić information content (AvgIpc) is 2.27. The van der Waals surface area contributed by atoms with Gasteiger partial charge in [-0.15, -0.1) is 0 Å². The lowest BCUT2D eigenvalue weighted by atomic mass is 9.98. The third-order valence-electron chi connectivity index (χ3n) is 2.19. The number of nitriles is 1. The molecule has 4 heteroatoms. The average molecular weight is 270 g/mol. The summed E-state index contributed by atoms with van der Waals surface area (Å²) >= 11 is 3.32. The number of rotatable bonds is 3. The molecular formula is C11H12BrNO2. The van der Waals surface area contributed by atoms with Gasteiger partial charge in [0, 0.05) is 10.0 Å². The van der Waals surface area contributed by atoms with Gasteiger partial charge in [0.25, 0.3) is 0 Å². The van der Waals surface area contributed by atoms with E-state index in [0.717, 1.165) is 4.47 Å². The summed E-state index contributed by atoms with van der Waals surface area (Å²) in [4.78, 5) is 0. The zero-order chi connectivity index (χ0) is 11.4. The summed E-state index contributed by atoms with van der Waals surface area (Å²) in [6, 6.07) is 7.36. The zero-order valence-corrected chi connectivity index (χ0v) is 10.2. The zero-order valence-electron chi connectivity index (χ0n) is 8.57. The van der Waals surface area contributed by atoms with E-state index in [1.165, 1.54) is 7.11 Å². The second kappa shape index (κ2) is 5.15. The van der Waals surface area contributed by atoms with Crippen molar-refractivity contribution < 1.29 is 9.84 Å². The minimum Gasteiger partial charge on any atom is -0.496 e. The predicted molar refractivity (Wildman–Crippen MR) is 60.4 cm³/mol. The largest absolute Gasteiger partial charge is 0.496 e. The van der Waals surface area contributed by atoms with E-state index >= 15 is 0 Å². The number of hydrogen-bond donors (Lipinski definition) is 1. The Hall–Kier alpha value is -1.05. The highest BCUT2D eigenvalue weighted by atomic mass is 79.9. The van der Waals surface area contributed by atoms with Gasteiger partial charge in [-0.1, -0.05) is 15.9 Å². The Morgan fingerprint density at radius 1 is 1.53 bits per heavy atom. The van der Waals surface area contributed by atoms with E-state index in [0.29, 0.717) is 11.3 Å². The van der Waals surface area contributed by atoms with Gasteiger partial charge >= 0.3 is 0 Å². The second-order valence-corrected chi connectivity index (χ2v) is 4.16. The summed E-state index contributed by atoms with van der Waals surface area (Å²) in [6.07, 6.45) is -0.831. The van der Waals surface area contributed by atoms with Crippen molar-refractivity contribution in [2.75, 3.05) is 7.11 Å². The van der Waals surface area contributed by atoms with E-state index in [-0.39, 0.29) is 0 Å².